The standard InChI is InChI=1S/C16H23N3/c1-4-14-11-15(5-2)19(18-14)16(12-17-3)13-9-7-6-8-10-13/h6-11,16-17H,4-5,12H2,1-3H3. The number of nitrogens with zero attached hydrogens (tertiary/aromatic N) is 2. The molecule has 1 N–H and O–H groups in total. The number of benzene rings is 1. The molecule has 0 saturated carbocycles. The Morgan fingerprint density at radius 3 is 2.47 bits per heavy atom. The first kappa shape index (κ1) is 13.8. The van der Waals surface area contributed by atoms with Crippen LogP contribution in [0.25, 0.3) is 0 Å². The van der Waals surface area contributed by atoms with E-state index in [1.165, 1.54) is 17.0 Å². The van der Waals surface area contributed by atoms with Gasteiger partial charge in [-0.1, -0.05) is 44.2 Å². The Morgan fingerprint density at radius 2 is 1.89 bits per heavy atom. The molecule has 0 spiro atoms. The zero-order chi connectivity index (χ0) is 13.7. The lowest BCUT2D eigenvalue weighted by atomic mass is 10.1. The van der Waals surface area contributed by atoms with E-state index >= 15 is 0 Å². The molecule has 2 aromatic rings. The van der Waals surface area contributed by atoms with Crippen molar-refractivity contribution in [1.29, 1.82) is 0 Å². The average Bonchev–Trinajstić information content (AvgIpc) is 2.88. The molecule has 1 aromatic carbocycles. The minimum Gasteiger partial charge on any atom is -0.317 e. The third kappa shape index (κ3) is 3.04. The second-order valence-electron chi connectivity index (χ2n) is 4.76. The first-order chi connectivity index (χ1) is 9.30. The molecule has 0 amide bonds. The van der Waals surface area contributed by atoms with Crippen molar-refractivity contribution in [3.8, 4) is 0 Å². The van der Waals surface area contributed by atoms with Gasteiger partial charge in [-0.15, -0.1) is 0 Å². The van der Waals surface area contributed by atoms with Gasteiger partial charge in [0.2, 0.25) is 0 Å². The van der Waals surface area contributed by atoms with Gasteiger partial charge in [0.05, 0.1) is 11.7 Å². The van der Waals surface area contributed by atoms with Gasteiger partial charge < -0.3 is 5.32 Å². The summed E-state index contributed by atoms with van der Waals surface area (Å²) in [4.78, 5) is 0. The highest BCUT2D eigenvalue weighted by Gasteiger charge is 2.17. The highest BCUT2D eigenvalue weighted by atomic mass is 15.3. The van der Waals surface area contributed by atoms with Crippen LogP contribution in [-0.4, -0.2) is 23.4 Å². The topological polar surface area (TPSA) is 29.9 Å². The molecule has 0 fully saturated rings. The molecule has 0 aliphatic heterocycles. The lowest BCUT2D eigenvalue weighted by Gasteiger charge is -2.20. The van der Waals surface area contributed by atoms with Gasteiger partial charge in [-0.25, -0.2) is 0 Å². The van der Waals surface area contributed by atoms with Crippen LogP contribution in [0.2, 0.25) is 0 Å². The number of nitrogens with one attached hydrogen (secondary N) is 1. The molecular formula is C16H23N3. The predicted octanol–water partition coefficient (Wildman–Crippen LogP) is 2.82. The van der Waals surface area contributed by atoms with E-state index in [4.69, 9.17) is 5.10 Å². The maximum Gasteiger partial charge on any atom is 0.0895 e. The Morgan fingerprint density at radius 1 is 1.16 bits per heavy atom. The number of aryl methyl sites for hydroxylation is 2. The summed E-state index contributed by atoms with van der Waals surface area (Å²) >= 11 is 0. The van der Waals surface area contributed by atoms with E-state index in [1.807, 2.05) is 7.05 Å². The average molecular weight is 257 g/mol. The summed E-state index contributed by atoms with van der Waals surface area (Å²) in [6, 6.07) is 13.1. The maximum atomic E-state index is 4.77. The van der Waals surface area contributed by atoms with E-state index < -0.39 is 0 Å². The summed E-state index contributed by atoms with van der Waals surface area (Å²) in [6.45, 7) is 5.23. The van der Waals surface area contributed by atoms with E-state index in [1.54, 1.807) is 0 Å². The number of hydrogen-bond acceptors (Lipinski definition) is 2. The minimum atomic E-state index is 0.265. The summed E-state index contributed by atoms with van der Waals surface area (Å²) in [5.74, 6) is 0. The Kier molecular flexibility index (Phi) is 4.74. The van der Waals surface area contributed by atoms with Gasteiger partial charge in [-0.2, -0.15) is 5.10 Å². The quantitative estimate of drug-likeness (QED) is 0.862. The van der Waals surface area contributed by atoms with Crippen LogP contribution in [0.4, 0.5) is 0 Å². The van der Waals surface area contributed by atoms with Crippen LogP contribution in [0.3, 0.4) is 0 Å². The molecule has 0 bridgehead atoms. The lowest BCUT2D eigenvalue weighted by molar-refractivity contribution is 0.480. The van der Waals surface area contributed by atoms with Crippen molar-refractivity contribution in [2.75, 3.05) is 13.6 Å². The van der Waals surface area contributed by atoms with Crippen LogP contribution < -0.4 is 5.32 Å². The molecule has 0 saturated heterocycles. The van der Waals surface area contributed by atoms with Crippen LogP contribution in [0, 0.1) is 0 Å². The SMILES string of the molecule is CCc1cc(CC)n(C(CNC)c2ccccc2)n1. The third-order valence-corrected chi connectivity index (χ3v) is 3.47. The largest absolute Gasteiger partial charge is 0.317 e. The summed E-state index contributed by atoms with van der Waals surface area (Å²) in [6.07, 6.45) is 2.00. The Balaban J connectivity index is 2.41. The summed E-state index contributed by atoms with van der Waals surface area (Å²) in [5, 5.41) is 8.05. The number of rotatable bonds is 6. The van der Waals surface area contributed by atoms with Gasteiger partial charge in [0, 0.05) is 12.2 Å². The highest BCUT2D eigenvalue weighted by Crippen LogP contribution is 2.20. The fraction of sp³-hybridized carbons (Fsp3) is 0.438. The van der Waals surface area contributed by atoms with E-state index in [-0.39, 0.29) is 6.04 Å². The number of likely N-dealkylation sites (N-methyl/N-ethyl adjacent to an activating group) is 1. The van der Waals surface area contributed by atoms with E-state index in [9.17, 15) is 0 Å². The van der Waals surface area contributed by atoms with Crippen LogP contribution in [0.5, 0.6) is 0 Å². The van der Waals surface area contributed by atoms with E-state index in [2.05, 4.69) is 60.2 Å². The van der Waals surface area contributed by atoms with Gasteiger partial charge in [0.25, 0.3) is 0 Å². The second kappa shape index (κ2) is 6.53. The molecule has 1 aromatic heterocycles. The van der Waals surface area contributed by atoms with Crippen LogP contribution in [-0.2, 0) is 12.8 Å². The van der Waals surface area contributed by atoms with Gasteiger partial charge >= 0.3 is 0 Å². The molecule has 1 unspecified atom stereocenters. The van der Waals surface area contributed by atoms with Gasteiger partial charge in [-0.3, -0.25) is 4.68 Å². The van der Waals surface area contributed by atoms with Crippen molar-refractivity contribution < 1.29 is 0 Å². The Bertz CT molecular complexity index is 502. The number of aromatic nitrogens is 2. The molecule has 2 rings (SSSR count). The second-order valence-corrected chi connectivity index (χ2v) is 4.76. The molecule has 3 heteroatoms. The minimum absolute atomic E-state index is 0.265. The van der Waals surface area contributed by atoms with Gasteiger partial charge in [0.1, 0.15) is 0 Å². The fourth-order valence-electron chi connectivity index (χ4n) is 2.41. The van der Waals surface area contributed by atoms with Crippen molar-refractivity contribution in [2.24, 2.45) is 0 Å². The fourth-order valence-corrected chi connectivity index (χ4v) is 2.41. The van der Waals surface area contributed by atoms with Crippen molar-refractivity contribution in [3.63, 3.8) is 0 Å². The lowest BCUT2D eigenvalue weighted by Crippen LogP contribution is -2.25. The van der Waals surface area contributed by atoms with Gasteiger partial charge in [-0.05, 0) is 31.5 Å². The zero-order valence-corrected chi connectivity index (χ0v) is 12.1. The Hall–Kier alpha value is -1.61. The first-order valence-electron chi connectivity index (χ1n) is 7.07. The van der Waals surface area contributed by atoms with E-state index in [0.717, 1.165) is 19.4 Å². The molecule has 102 valence electrons. The van der Waals surface area contributed by atoms with Gasteiger partial charge in [0.15, 0.2) is 0 Å². The molecule has 0 aliphatic rings. The van der Waals surface area contributed by atoms with Crippen molar-refractivity contribution in [3.05, 3.63) is 53.3 Å². The molecule has 1 atom stereocenters. The zero-order valence-electron chi connectivity index (χ0n) is 12.1. The van der Waals surface area contributed by atoms with Crippen molar-refractivity contribution >= 4 is 0 Å². The molecule has 0 aliphatic carbocycles. The maximum absolute atomic E-state index is 4.77. The summed E-state index contributed by atoms with van der Waals surface area (Å²) in [7, 11) is 1.99. The highest BCUT2D eigenvalue weighted by molar-refractivity contribution is 5.22. The van der Waals surface area contributed by atoms with Crippen molar-refractivity contribution in [2.45, 2.75) is 32.7 Å². The molecule has 0 radical (unpaired) electrons. The van der Waals surface area contributed by atoms with Crippen molar-refractivity contribution in [1.82, 2.24) is 15.1 Å². The molecule has 19 heavy (non-hydrogen) atoms. The van der Waals surface area contributed by atoms with E-state index in [0.29, 0.717) is 0 Å². The monoisotopic (exact) mass is 257 g/mol. The predicted molar refractivity (Wildman–Crippen MR) is 79.5 cm³/mol. The summed E-state index contributed by atoms with van der Waals surface area (Å²) in [5.41, 5.74) is 3.78. The van der Waals surface area contributed by atoms with Crippen LogP contribution in [0.15, 0.2) is 36.4 Å². The Labute approximate surface area is 115 Å². The number of hydrogen-bond donors (Lipinski definition) is 1. The molecule has 3 nitrogen and oxygen atoms in total. The smallest absolute Gasteiger partial charge is 0.0895 e. The van der Waals surface area contributed by atoms with Crippen LogP contribution in [0.1, 0.15) is 36.8 Å². The normalized spacial score (nSPS) is 12.6. The molecular weight excluding hydrogens is 234 g/mol. The first-order valence-corrected chi connectivity index (χ1v) is 7.07. The summed E-state index contributed by atoms with van der Waals surface area (Å²) < 4.78 is 2.19. The van der Waals surface area contributed by atoms with Crippen LogP contribution >= 0.6 is 0 Å². The molecule has 1 heterocycles. The third-order valence-electron chi connectivity index (χ3n) is 3.47.